The lowest BCUT2D eigenvalue weighted by Crippen LogP contribution is -2.13. The van der Waals surface area contributed by atoms with E-state index in [1.807, 2.05) is 43.3 Å². The second-order valence-electron chi connectivity index (χ2n) is 6.62. The average Bonchev–Trinajstić information content (AvgIpc) is 2.75. The van der Waals surface area contributed by atoms with Crippen LogP contribution < -0.4 is 4.74 Å². The van der Waals surface area contributed by atoms with Crippen molar-refractivity contribution in [2.24, 2.45) is 0 Å². The molecule has 29 heavy (non-hydrogen) atoms. The Bertz CT molecular complexity index is 1020. The minimum Gasteiger partial charge on any atom is -0.497 e. The molecular formula is C22H21NO6. The smallest absolute Gasteiger partial charge is 0.313 e. The summed E-state index contributed by atoms with van der Waals surface area (Å²) in [4.78, 5) is 27.0. The number of hydrogen-bond acceptors (Lipinski definition) is 6. The SMILES string of the molecule is COc1ccc2cc(C(C)C(=O)OCc3ccc(CO[N+](=O)[O-])cc3)ccc2c1. The summed E-state index contributed by atoms with van der Waals surface area (Å²) in [7, 11) is 1.63. The maximum Gasteiger partial charge on any atom is 0.313 e. The summed E-state index contributed by atoms with van der Waals surface area (Å²) in [5.74, 6) is 0.0570. The van der Waals surface area contributed by atoms with Crippen molar-refractivity contribution in [2.45, 2.75) is 26.1 Å². The Morgan fingerprint density at radius 2 is 1.59 bits per heavy atom. The predicted molar refractivity (Wildman–Crippen MR) is 107 cm³/mol. The monoisotopic (exact) mass is 395 g/mol. The Hall–Kier alpha value is -3.61. The molecule has 0 bridgehead atoms. The first kappa shape index (κ1) is 20.1. The number of fused-ring (bicyclic) bond motifs is 1. The normalized spacial score (nSPS) is 11.7. The van der Waals surface area contributed by atoms with Gasteiger partial charge in [-0.3, -0.25) is 4.79 Å². The van der Waals surface area contributed by atoms with Gasteiger partial charge in [0.15, 0.2) is 0 Å². The van der Waals surface area contributed by atoms with Gasteiger partial charge in [0, 0.05) is 0 Å². The Morgan fingerprint density at radius 3 is 2.24 bits per heavy atom. The lowest BCUT2D eigenvalue weighted by atomic mass is 9.98. The fraction of sp³-hybridized carbons (Fsp3) is 0.227. The Morgan fingerprint density at radius 1 is 0.966 bits per heavy atom. The van der Waals surface area contributed by atoms with Crippen LogP contribution in [-0.4, -0.2) is 18.2 Å². The molecule has 0 aliphatic rings. The molecule has 7 nitrogen and oxygen atoms in total. The summed E-state index contributed by atoms with van der Waals surface area (Å²) in [5, 5.41) is 11.4. The predicted octanol–water partition coefficient (Wildman–Crippen LogP) is 4.40. The molecular weight excluding hydrogens is 374 g/mol. The maximum atomic E-state index is 12.5. The summed E-state index contributed by atoms with van der Waals surface area (Å²) in [5.41, 5.74) is 2.33. The number of benzene rings is 3. The van der Waals surface area contributed by atoms with Crippen LogP contribution in [0.4, 0.5) is 0 Å². The van der Waals surface area contributed by atoms with Crippen LogP contribution in [0.3, 0.4) is 0 Å². The molecule has 0 saturated heterocycles. The van der Waals surface area contributed by atoms with Crippen molar-refractivity contribution in [3.8, 4) is 5.75 Å². The lowest BCUT2D eigenvalue weighted by Gasteiger charge is -2.13. The molecule has 0 aromatic heterocycles. The van der Waals surface area contributed by atoms with E-state index in [-0.39, 0.29) is 19.2 Å². The van der Waals surface area contributed by atoms with Crippen LogP contribution in [0.1, 0.15) is 29.5 Å². The van der Waals surface area contributed by atoms with E-state index in [1.165, 1.54) is 0 Å². The van der Waals surface area contributed by atoms with Gasteiger partial charge in [0.05, 0.1) is 13.0 Å². The van der Waals surface area contributed by atoms with Gasteiger partial charge in [0.2, 0.25) is 0 Å². The van der Waals surface area contributed by atoms with E-state index < -0.39 is 11.0 Å². The number of hydrogen-bond donors (Lipinski definition) is 0. The summed E-state index contributed by atoms with van der Waals surface area (Å²) < 4.78 is 10.7. The van der Waals surface area contributed by atoms with Gasteiger partial charge in [-0.25, -0.2) is 0 Å². The third-order valence-electron chi connectivity index (χ3n) is 4.67. The second kappa shape index (κ2) is 9.05. The van der Waals surface area contributed by atoms with Gasteiger partial charge in [-0.05, 0) is 46.5 Å². The van der Waals surface area contributed by atoms with Crippen molar-refractivity contribution in [3.05, 3.63) is 87.5 Å². The minimum atomic E-state index is -0.833. The number of carbonyl (C=O) groups is 1. The van der Waals surface area contributed by atoms with E-state index in [4.69, 9.17) is 9.47 Å². The molecule has 0 heterocycles. The van der Waals surface area contributed by atoms with Gasteiger partial charge in [0.25, 0.3) is 5.09 Å². The summed E-state index contributed by atoms with van der Waals surface area (Å²) in [6, 6.07) is 18.5. The van der Waals surface area contributed by atoms with Crippen molar-refractivity contribution in [1.82, 2.24) is 0 Å². The molecule has 0 aliphatic carbocycles. The third kappa shape index (κ3) is 5.22. The number of carbonyl (C=O) groups excluding carboxylic acids is 1. The molecule has 1 atom stereocenters. The van der Waals surface area contributed by atoms with E-state index in [0.717, 1.165) is 27.6 Å². The Balaban J connectivity index is 1.60. The maximum absolute atomic E-state index is 12.5. The molecule has 0 aliphatic heterocycles. The van der Waals surface area contributed by atoms with Crippen molar-refractivity contribution < 1.29 is 24.2 Å². The minimum absolute atomic E-state index is 0.113. The van der Waals surface area contributed by atoms with Crippen molar-refractivity contribution in [2.75, 3.05) is 7.11 Å². The van der Waals surface area contributed by atoms with Crippen LogP contribution in [0.25, 0.3) is 10.8 Å². The van der Waals surface area contributed by atoms with E-state index in [9.17, 15) is 14.9 Å². The first-order valence-electron chi connectivity index (χ1n) is 9.05. The quantitative estimate of drug-likeness (QED) is 0.319. The average molecular weight is 395 g/mol. The molecule has 3 rings (SSSR count). The molecule has 0 radical (unpaired) electrons. The lowest BCUT2D eigenvalue weighted by molar-refractivity contribution is -0.763. The van der Waals surface area contributed by atoms with E-state index in [2.05, 4.69) is 4.84 Å². The van der Waals surface area contributed by atoms with Gasteiger partial charge >= 0.3 is 5.97 Å². The highest BCUT2D eigenvalue weighted by molar-refractivity contribution is 5.86. The summed E-state index contributed by atoms with van der Waals surface area (Å²) in [6.45, 7) is 1.83. The first-order valence-corrected chi connectivity index (χ1v) is 9.05. The zero-order chi connectivity index (χ0) is 20.8. The van der Waals surface area contributed by atoms with Gasteiger partial charge in [-0.15, -0.1) is 10.1 Å². The molecule has 7 heteroatoms. The molecule has 0 fully saturated rings. The largest absolute Gasteiger partial charge is 0.497 e. The molecule has 0 N–H and O–H groups in total. The molecule has 0 spiro atoms. The van der Waals surface area contributed by atoms with Crippen molar-refractivity contribution in [1.29, 1.82) is 0 Å². The van der Waals surface area contributed by atoms with E-state index >= 15 is 0 Å². The van der Waals surface area contributed by atoms with Crippen molar-refractivity contribution in [3.63, 3.8) is 0 Å². The highest BCUT2D eigenvalue weighted by Crippen LogP contribution is 2.26. The number of nitrogens with zero attached hydrogens (tertiary/aromatic N) is 1. The highest BCUT2D eigenvalue weighted by atomic mass is 16.9. The van der Waals surface area contributed by atoms with Gasteiger partial charge < -0.3 is 14.3 Å². The highest BCUT2D eigenvalue weighted by Gasteiger charge is 2.17. The molecule has 0 saturated carbocycles. The van der Waals surface area contributed by atoms with Crippen LogP contribution >= 0.6 is 0 Å². The first-order chi connectivity index (χ1) is 14.0. The number of esters is 1. The Labute approximate surface area is 167 Å². The van der Waals surface area contributed by atoms with Crippen LogP contribution in [0.2, 0.25) is 0 Å². The third-order valence-corrected chi connectivity index (χ3v) is 4.67. The molecule has 1 unspecified atom stereocenters. The van der Waals surface area contributed by atoms with Crippen molar-refractivity contribution >= 4 is 16.7 Å². The standard InChI is InChI=1S/C22H21NO6/c1-15(18-7-8-20-12-21(27-2)10-9-19(20)11-18)22(24)28-13-16-3-5-17(6-4-16)14-29-23(25)26/h3-12,15H,13-14H2,1-2H3. The van der Waals surface area contributed by atoms with E-state index in [1.54, 1.807) is 31.4 Å². The summed E-state index contributed by atoms with van der Waals surface area (Å²) in [6.07, 6.45) is 0. The zero-order valence-corrected chi connectivity index (χ0v) is 16.2. The number of rotatable bonds is 8. The van der Waals surface area contributed by atoms with Crippen LogP contribution in [0.15, 0.2) is 60.7 Å². The molecule has 150 valence electrons. The van der Waals surface area contributed by atoms with Crippen LogP contribution in [0.5, 0.6) is 5.75 Å². The molecule has 0 amide bonds. The fourth-order valence-electron chi connectivity index (χ4n) is 2.91. The van der Waals surface area contributed by atoms with Crippen LogP contribution in [-0.2, 0) is 27.6 Å². The zero-order valence-electron chi connectivity index (χ0n) is 16.2. The molecule has 3 aromatic carbocycles. The van der Waals surface area contributed by atoms with Gasteiger partial charge in [-0.1, -0.05) is 48.5 Å². The Kier molecular flexibility index (Phi) is 6.29. The topological polar surface area (TPSA) is 87.9 Å². The fourth-order valence-corrected chi connectivity index (χ4v) is 2.91. The van der Waals surface area contributed by atoms with Crippen LogP contribution in [0, 0.1) is 10.1 Å². The summed E-state index contributed by atoms with van der Waals surface area (Å²) >= 11 is 0. The van der Waals surface area contributed by atoms with E-state index in [0.29, 0.717) is 5.56 Å². The second-order valence-corrected chi connectivity index (χ2v) is 6.62. The molecule has 3 aromatic rings. The number of ether oxygens (including phenoxy) is 2. The van der Waals surface area contributed by atoms with Gasteiger partial charge in [-0.2, -0.15) is 0 Å². The van der Waals surface area contributed by atoms with Gasteiger partial charge in [0.1, 0.15) is 19.0 Å². The number of methoxy groups -OCH3 is 1.